The zero-order valence-electron chi connectivity index (χ0n) is 13.5. The molecule has 2 aromatic carbocycles. The van der Waals surface area contributed by atoms with E-state index in [-0.39, 0.29) is 17.2 Å². The maximum absolute atomic E-state index is 12.1. The van der Waals surface area contributed by atoms with Gasteiger partial charge in [0.05, 0.1) is 18.4 Å². The van der Waals surface area contributed by atoms with E-state index >= 15 is 0 Å². The highest BCUT2D eigenvalue weighted by Gasteiger charge is 2.20. The number of hydroxylamine groups is 1. The lowest BCUT2D eigenvalue weighted by atomic mass is 10.1. The average Bonchev–Trinajstić information content (AvgIpc) is 2.57. The molecule has 6 nitrogen and oxygen atoms in total. The van der Waals surface area contributed by atoms with Crippen LogP contribution in [0.3, 0.4) is 0 Å². The molecule has 0 bridgehead atoms. The number of anilines is 1. The van der Waals surface area contributed by atoms with E-state index < -0.39 is 10.0 Å². The third-order valence-electron chi connectivity index (χ3n) is 3.40. The van der Waals surface area contributed by atoms with Gasteiger partial charge in [-0.3, -0.25) is 9.63 Å². The molecule has 0 radical (unpaired) electrons. The summed E-state index contributed by atoms with van der Waals surface area (Å²) in [4.78, 5) is 16.9. The summed E-state index contributed by atoms with van der Waals surface area (Å²) in [6, 6.07) is 10.7. The van der Waals surface area contributed by atoms with Crippen molar-refractivity contribution < 1.29 is 18.0 Å². The highest BCUT2D eigenvalue weighted by Crippen LogP contribution is 2.22. The van der Waals surface area contributed by atoms with Gasteiger partial charge in [-0.2, -0.15) is 0 Å². The molecule has 134 valence electrons. The number of carbonyl (C=O) groups is 1. The van der Waals surface area contributed by atoms with Gasteiger partial charge < -0.3 is 5.32 Å². The van der Waals surface area contributed by atoms with Gasteiger partial charge in [0.2, 0.25) is 5.91 Å². The number of nitrogens with zero attached hydrogens (tertiary/aromatic N) is 1. The topological polar surface area (TPSA) is 75.7 Å². The van der Waals surface area contributed by atoms with Crippen LogP contribution >= 0.6 is 23.2 Å². The molecule has 0 saturated heterocycles. The van der Waals surface area contributed by atoms with Crippen LogP contribution < -0.4 is 5.32 Å². The molecule has 2 rings (SSSR count). The van der Waals surface area contributed by atoms with Gasteiger partial charge in [-0.25, -0.2) is 8.42 Å². The Balaban J connectivity index is 2.07. The molecule has 0 aliphatic rings. The van der Waals surface area contributed by atoms with Crippen LogP contribution in [0, 0.1) is 0 Å². The molecule has 0 aromatic heterocycles. The number of rotatable bonds is 6. The third kappa shape index (κ3) is 4.93. The summed E-state index contributed by atoms with van der Waals surface area (Å²) < 4.78 is 24.9. The molecule has 1 amide bonds. The number of hydrogen-bond acceptors (Lipinski definition) is 4. The molecule has 0 fully saturated rings. The van der Waals surface area contributed by atoms with Crippen LogP contribution in [0.1, 0.15) is 5.56 Å². The van der Waals surface area contributed by atoms with E-state index in [1.807, 2.05) is 0 Å². The van der Waals surface area contributed by atoms with Gasteiger partial charge in [-0.1, -0.05) is 33.7 Å². The molecule has 0 saturated carbocycles. The Kier molecular flexibility index (Phi) is 6.42. The van der Waals surface area contributed by atoms with E-state index in [1.165, 1.54) is 38.4 Å². The Hall–Kier alpha value is -1.64. The van der Waals surface area contributed by atoms with Crippen molar-refractivity contribution in [1.82, 2.24) is 4.47 Å². The Morgan fingerprint density at radius 3 is 2.36 bits per heavy atom. The fourth-order valence-corrected chi connectivity index (χ4v) is 3.45. The first-order chi connectivity index (χ1) is 11.7. The summed E-state index contributed by atoms with van der Waals surface area (Å²) in [5.74, 6) is -0.283. The van der Waals surface area contributed by atoms with E-state index in [1.54, 1.807) is 18.2 Å². The minimum absolute atomic E-state index is 0.0515. The molecule has 0 aliphatic carbocycles. The van der Waals surface area contributed by atoms with Crippen LogP contribution in [0.25, 0.3) is 0 Å². The number of carbonyl (C=O) groups excluding carboxylic acids is 1. The molecule has 0 spiro atoms. The highest BCUT2D eigenvalue weighted by atomic mass is 35.5. The van der Waals surface area contributed by atoms with Crippen molar-refractivity contribution in [2.45, 2.75) is 11.3 Å². The summed E-state index contributed by atoms with van der Waals surface area (Å²) in [6.07, 6.45) is 0.0719. The summed E-state index contributed by atoms with van der Waals surface area (Å²) >= 11 is 11.9. The van der Waals surface area contributed by atoms with Crippen LogP contribution in [0.15, 0.2) is 47.4 Å². The van der Waals surface area contributed by atoms with Crippen molar-refractivity contribution >= 4 is 44.8 Å². The first-order valence-corrected chi connectivity index (χ1v) is 9.30. The normalized spacial score (nSPS) is 11.6. The van der Waals surface area contributed by atoms with E-state index in [0.29, 0.717) is 21.3 Å². The van der Waals surface area contributed by atoms with Gasteiger partial charge in [-0.05, 0) is 42.0 Å². The fraction of sp³-hybridized carbons (Fsp3) is 0.188. The lowest BCUT2D eigenvalue weighted by Crippen LogP contribution is -2.25. The number of nitrogens with one attached hydrogen (secondary N) is 1. The molecule has 0 atom stereocenters. The number of halogens is 2. The SMILES string of the molecule is CON(C)S(=O)(=O)c1ccc(NC(=O)Cc2ccc(Cl)cc2Cl)cc1. The van der Waals surface area contributed by atoms with E-state index in [4.69, 9.17) is 28.0 Å². The van der Waals surface area contributed by atoms with Crippen molar-refractivity contribution in [3.8, 4) is 0 Å². The molecule has 0 unspecified atom stereocenters. The van der Waals surface area contributed by atoms with Gasteiger partial charge in [0.15, 0.2) is 0 Å². The molecular formula is C16H16Cl2N2O4S. The first-order valence-electron chi connectivity index (χ1n) is 7.11. The van der Waals surface area contributed by atoms with Crippen LogP contribution in [0.5, 0.6) is 0 Å². The summed E-state index contributed by atoms with van der Waals surface area (Å²) in [5, 5.41) is 3.59. The predicted octanol–water partition coefficient (Wildman–Crippen LogP) is 3.36. The van der Waals surface area contributed by atoms with Gasteiger partial charge in [0.25, 0.3) is 10.0 Å². The zero-order chi connectivity index (χ0) is 18.6. The summed E-state index contributed by atoms with van der Waals surface area (Å²) in [5.41, 5.74) is 1.11. The molecule has 0 heterocycles. The lowest BCUT2D eigenvalue weighted by Gasteiger charge is -2.14. The van der Waals surface area contributed by atoms with Crippen LogP contribution in [0.2, 0.25) is 10.0 Å². The molecule has 9 heteroatoms. The minimum atomic E-state index is -3.72. The van der Waals surface area contributed by atoms with Gasteiger partial charge >= 0.3 is 0 Å². The molecular weight excluding hydrogens is 387 g/mol. The minimum Gasteiger partial charge on any atom is -0.326 e. The van der Waals surface area contributed by atoms with Gasteiger partial charge in [0, 0.05) is 22.8 Å². The first kappa shape index (κ1) is 19.7. The van der Waals surface area contributed by atoms with Gasteiger partial charge in [0.1, 0.15) is 0 Å². The number of hydrogen-bond donors (Lipinski definition) is 1. The van der Waals surface area contributed by atoms with Crippen molar-refractivity contribution in [1.29, 1.82) is 0 Å². The molecule has 2 aromatic rings. The van der Waals surface area contributed by atoms with Crippen molar-refractivity contribution in [2.24, 2.45) is 0 Å². The standard InChI is InChI=1S/C16H16Cl2N2O4S/c1-20(24-2)25(22,23)14-7-5-13(6-8-14)19-16(21)9-11-3-4-12(17)10-15(11)18/h3-8,10H,9H2,1-2H3,(H,19,21). The lowest BCUT2D eigenvalue weighted by molar-refractivity contribution is -0.115. The Morgan fingerprint density at radius 1 is 1.16 bits per heavy atom. The zero-order valence-corrected chi connectivity index (χ0v) is 15.8. The molecule has 25 heavy (non-hydrogen) atoms. The second-order valence-electron chi connectivity index (χ2n) is 5.08. The maximum Gasteiger partial charge on any atom is 0.264 e. The fourth-order valence-electron chi connectivity index (χ4n) is 2.00. The average molecular weight is 403 g/mol. The van der Waals surface area contributed by atoms with Crippen molar-refractivity contribution in [2.75, 3.05) is 19.5 Å². The smallest absolute Gasteiger partial charge is 0.264 e. The Morgan fingerprint density at radius 2 is 1.80 bits per heavy atom. The second kappa shape index (κ2) is 8.16. The quantitative estimate of drug-likeness (QED) is 0.751. The summed E-state index contributed by atoms with van der Waals surface area (Å²) in [7, 11) is -1.17. The predicted molar refractivity (Wildman–Crippen MR) is 97.2 cm³/mol. The van der Waals surface area contributed by atoms with Crippen LogP contribution in [-0.2, 0) is 26.1 Å². The summed E-state index contributed by atoms with van der Waals surface area (Å²) in [6.45, 7) is 0. The van der Waals surface area contributed by atoms with Gasteiger partial charge in [-0.15, -0.1) is 0 Å². The second-order valence-corrected chi connectivity index (χ2v) is 7.86. The maximum atomic E-state index is 12.1. The van der Waals surface area contributed by atoms with Crippen molar-refractivity contribution in [3.63, 3.8) is 0 Å². The number of amides is 1. The Bertz CT molecular complexity index is 870. The van der Waals surface area contributed by atoms with E-state index in [2.05, 4.69) is 5.32 Å². The van der Waals surface area contributed by atoms with Crippen LogP contribution in [-0.4, -0.2) is 33.0 Å². The van der Waals surface area contributed by atoms with Crippen LogP contribution in [0.4, 0.5) is 5.69 Å². The van der Waals surface area contributed by atoms with Crippen molar-refractivity contribution in [3.05, 3.63) is 58.1 Å². The van der Waals surface area contributed by atoms with E-state index in [0.717, 1.165) is 4.47 Å². The monoisotopic (exact) mass is 402 g/mol. The third-order valence-corrected chi connectivity index (χ3v) is 5.68. The molecule has 0 aliphatic heterocycles. The molecule has 1 N–H and O–H groups in total. The number of sulfonamides is 1. The number of benzene rings is 2. The van der Waals surface area contributed by atoms with E-state index in [9.17, 15) is 13.2 Å². The largest absolute Gasteiger partial charge is 0.326 e. The Labute approximate surface area is 156 Å². The highest BCUT2D eigenvalue weighted by molar-refractivity contribution is 7.89.